The van der Waals surface area contributed by atoms with E-state index in [1.54, 1.807) is 41.3 Å². The van der Waals surface area contributed by atoms with Crippen LogP contribution in [0.4, 0.5) is 4.39 Å². The highest BCUT2D eigenvalue weighted by Gasteiger charge is 2.17. The van der Waals surface area contributed by atoms with Crippen molar-refractivity contribution in [2.45, 2.75) is 0 Å². The van der Waals surface area contributed by atoms with Crippen molar-refractivity contribution in [3.8, 4) is 28.4 Å². The molecule has 0 bridgehead atoms. The molecule has 7 nitrogen and oxygen atoms in total. The summed E-state index contributed by atoms with van der Waals surface area (Å²) in [5.41, 5.74) is 8.82. The molecule has 2 N–H and O–H groups in total. The van der Waals surface area contributed by atoms with Gasteiger partial charge in [0.2, 0.25) is 5.88 Å². The first-order valence-electron chi connectivity index (χ1n) is 9.72. The van der Waals surface area contributed by atoms with E-state index in [0.29, 0.717) is 16.6 Å². The van der Waals surface area contributed by atoms with Gasteiger partial charge in [0.25, 0.3) is 5.91 Å². The lowest BCUT2D eigenvalue weighted by Gasteiger charge is -2.07. The first-order valence-corrected chi connectivity index (χ1v) is 9.72. The molecule has 0 aliphatic heterocycles. The van der Waals surface area contributed by atoms with Crippen LogP contribution in [-0.2, 0) is 0 Å². The van der Waals surface area contributed by atoms with Crippen molar-refractivity contribution < 1.29 is 13.9 Å². The van der Waals surface area contributed by atoms with Crippen LogP contribution in [0.25, 0.3) is 27.7 Å². The number of fused-ring (bicyclic) bond motifs is 1. The summed E-state index contributed by atoms with van der Waals surface area (Å²) in [5, 5.41) is 5.02. The van der Waals surface area contributed by atoms with E-state index in [4.69, 9.17) is 10.5 Å². The van der Waals surface area contributed by atoms with Crippen LogP contribution < -0.4 is 10.5 Å². The Morgan fingerprint density at radius 2 is 1.84 bits per heavy atom. The van der Waals surface area contributed by atoms with E-state index in [0.717, 1.165) is 11.1 Å². The number of para-hydroxylation sites is 1. The predicted octanol–water partition coefficient (Wildman–Crippen LogP) is 4.51. The van der Waals surface area contributed by atoms with E-state index in [-0.39, 0.29) is 17.3 Å². The van der Waals surface area contributed by atoms with E-state index < -0.39 is 11.7 Å². The Morgan fingerprint density at radius 3 is 2.56 bits per heavy atom. The van der Waals surface area contributed by atoms with Gasteiger partial charge in [-0.2, -0.15) is 5.10 Å². The molecular formula is C24H16FN5O2. The van der Waals surface area contributed by atoms with Gasteiger partial charge in [-0.05, 0) is 42.0 Å². The fraction of sp³-hybridized carbons (Fsp3) is 0. The maximum atomic E-state index is 13.8. The molecule has 3 heterocycles. The van der Waals surface area contributed by atoms with Crippen molar-refractivity contribution in [2.75, 3.05) is 0 Å². The number of primary amides is 1. The molecule has 0 aliphatic carbocycles. The van der Waals surface area contributed by atoms with Crippen LogP contribution in [0, 0.1) is 5.82 Å². The van der Waals surface area contributed by atoms with Gasteiger partial charge in [-0.3, -0.25) is 9.78 Å². The zero-order chi connectivity index (χ0) is 22.1. The highest BCUT2D eigenvalue weighted by molar-refractivity contribution is 6.05. The standard InChI is InChI=1S/C24H16FN5O2/c25-19-5-1-2-6-21(19)32-22-10-8-17(14-28-22)30-20-9-7-15(16-4-3-11-27-13-16)12-18(20)23(29-30)24(26)31/h1-14H,(H2,26,31). The average Bonchev–Trinajstić information content (AvgIpc) is 3.21. The van der Waals surface area contributed by atoms with Crippen LogP contribution in [0.1, 0.15) is 10.5 Å². The predicted molar refractivity (Wildman–Crippen MR) is 117 cm³/mol. The number of pyridine rings is 2. The van der Waals surface area contributed by atoms with Crippen LogP contribution in [0.2, 0.25) is 0 Å². The first kappa shape index (κ1) is 19.4. The maximum absolute atomic E-state index is 13.8. The second-order valence-corrected chi connectivity index (χ2v) is 6.99. The van der Waals surface area contributed by atoms with Gasteiger partial charge in [-0.1, -0.05) is 24.3 Å². The molecule has 5 rings (SSSR count). The monoisotopic (exact) mass is 425 g/mol. The number of nitrogens with two attached hydrogens (primary N) is 1. The molecule has 0 atom stereocenters. The quantitative estimate of drug-likeness (QED) is 0.447. The van der Waals surface area contributed by atoms with Crippen molar-refractivity contribution in [2.24, 2.45) is 5.73 Å². The van der Waals surface area contributed by atoms with E-state index in [2.05, 4.69) is 15.1 Å². The van der Waals surface area contributed by atoms with Crippen LogP contribution in [0.3, 0.4) is 0 Å². The topological polar surface area (TPSA) is 95.9 Å². The number of nitrogens with zero attached hydrogens (tertiary/aromatic N) is 4. The third-order valence-electron chi connectivity index (χ3n) is 4.92. The number of aromatic nitrogens is 4. The Balaban J connectivity index is 1.54. The average molecular weight is 425 g/mol. The molecule has 5 aromatic rings. The van der Waals surface area contributed by atoms with Gasteiger partial charge < -0.3 is 10.5 Å². The molecule has 32 heavy (non-hydrogen) atoms. The zero-order valence-corrected chi connectivity index (χ0v) is 16.6. The number of ether oxygens (including phenoxy) is 1. The summed E-state index contributed by atoms with van der Waals surface area (Å²) >= 11 is 0. The summed E-state index contributed by atoms with van der Waals surface area (Å²) in [6, 6.07) is 18.8. The number of benzene rings is 2. The van der Waals surface area contributed by atoms with E-state index in [1.807, 2.05) is 30.3 Å². The van der Waals surface area contributed by atoms with Gasteiger partial charge in [0.15, 0.2) is 17.3 Å². The number of hydrogen-bond acceptors (Lipinski definition) is 5. The molecule has 0 spiro atoms. The molecule has 2 aromatic carbocycles. The molecule has 1 amide bonds. The maximum Gasteiger partial charge on any atom is 0.269 e. The van der Waals surface area contributed by atoms with Crippen LogP contribution in [-0.4, -0.2) is 25.7 Å². The van der Waals surface area contributed by atoms with E-state index >= 15 is 0 Å². The molecule has 0 saturated carbocycles. The van der Waals surface area contributed by atoms with Crippen molar-refractivity contribution in [1.29, 1.82) is 0 Å². The van der Waals surface area contributed by atoms with Crippen molar-refractivity contribution in [3.63, 3.8) is 0 Å². The van der Waals surface area contributed by atoms with E-state index in [9.17, 15) is 9.18 Å². The number of carbonyl (C=O) groups is 1. The SMILES string of the molecule is NC(=O)c1nn(-c2ccc(Oc3ccccc3F)nc2)c2ccc(-c3cccnc3)cc12. The lowest BCUT2D eigenvalue weighted by Crippen LogP contribution is -2.12. The molecule has 0 fully saturated rings. The van der Waals surface area contributed by atoms with Crippen LogP contribution in [0.5, 0.6) is 11.6 Å². The normalized spacial score (nSPS) is 10.9. The summed E-state index contributed by atoms with van der Waals surface area (Å²) in [6.45, 7) is 0. The number of carbonyl (C=O) groups excluding carboxylic acids is 1. The van der Waals surface area contributed by atoms with Crippen molar-refractivity contribution >= 4 is 16.8 Å². The van der Waals surface area contributed by atoms with Crippen LogP contribution in [0.15, 0.2) is 85.3 Å². The molecule has 8 heteroatoms. The molecule has 0 unspecified atom stereocenters. The van der Waals surface area contributed by atoms with Gasteiger partial charge in [0.1, 0.15) is 0 Å². The van der Waals surface area contributed by atoms with Crippen molar-refractivity contribution in [1.82, 2.24) is 19.7 Å². The number of hydrogen-bond donors (Lipinski definition) is 1. The summed E-state index contributed by atoms with van der Waals surface area (Å²) in [6.07, 6.45) is 4.97. The lowest BCUT2D eigenvalue weighted by atomic mass is 10.0. The van der Waals surface area contributed by atoms with Crippen LogP contribution >= 0.6 is 0 Å². The molecule has 0 radical (unpaired) electrons. The molecule has 156 valence electrons. The lowest BCUT2D eigenvalue weighted by molar-refractivity contribution is 0.0996. The minimum Gasteiger partial charge on any atom is -0.436 e. The first-order chi connectivity index (χ1) is 15.6. The third kappa shape index (κ3) is 3.54. The molecular weight excluding hydrogens is 409 g/mol. The second-order valence-electron chi connectivity index (χ2n) is 6.99. The highest BCUT2D eigenvalue weighted by Crippen LogP contribution is 2.29. The Labute approximate surface area is 181 Å². The minimum atomic E-state index is -0.635. The van der Waals surface area contributed by atoms with Crippen molar-refractivity contribution in [3.05, 3.63) is 96.8 Å². The summed E-state index contributed by atoms with van der Waals surface area (Å²) in [7, 11) is 0. The Morgan fingerprint density at radius 1 is 0.969 bits per heavy atom. The largest absolute Gasteiger partial charge is 0.436 e. The number of amides is 1. The van der Waals surface area contributed by atoms with E-state index in [1.165, 1.54) is 18.3 Å². The molecule has 0 aliphatic rings. The zero-order valence-electron chi connectivity index (χ0n) is 16.6. The van der Waals surface area contributed by atoms with Gasteiger partial charge in [0, 0.05) is 29.4 Å². The number of halogens is 1. The smallest absolute Gasteiger partial charge is 0.269 e. The fourth-order valence-electron chi connectivity index (χ4n) is 3.41. The number of rotatable bonds is 5. The van der Waals surface area contributed by atoms with Gasteiger partial charge in [-0.15, -0.1) is 0 Å². The fourth-order valence-corrected chi connectivity index (χ4v) is 3.41. The summed E-state index contributed by atoms with van der Waals surface area (Å²) in [5.74, 6) is -0.808. The summed E-state index contributed by atoms with van der Waals surface area (Å²) in [4.78, 5) is 20.4. The molecule has 3 aromatic heterocycles. The Bertz CT molecular complexity index is 1430. The highest BCUT2D eigenvalue weighted by atomic mass is 19.1. The Kier molecular flexibility index (Phi) is 4.79. The summed E-state index contributed by atoms with van der Waals surface area (Å²) < 4.78 is 20.9. The Hall–Kier alpha value is -4.59. The van der Waals surface area contributed by atoms with Gasteiger partial charge in [-0.25, -0.2) is 14.1 Å². The second kappa shape index (κ2) is 7.92. The van der Waals surface area contributed by atoms with Gasteiger partial charge in [0.05, 0.1) is 17.4 Å². The minimum absolute atomic E-state index is 0.0798. The van der Waals surface area contributed by atoms with Gasteiger partial charge >= 0.3 is 0 Å². The third-order valence-corrected chi connectivity index (χ3v) is 4.92. The molecule has 0 saturated heterocycles.